The van der Waals surface area contributed by atoms with Crippen LogP contribution in [0.3, 0.4) is 0 Å². The Morgan fingerprint density at radius 1 is 0.882 bits per heavy atom. The summed E-state index contributed by atoms with van der Waals surface area (Å²) < 4.78 is 37.7. The molecule has 0 saturated carbocycles. The minimum Gasteiger partial charge on any atom is -0.463 e. The molecule has 3 rings (SSSR count). The zero-order chi connectivity index (χ0) is 25.0. The highest BCUT2D eigenvalue weighted by molar-refractivity contribution is 5.73. The Morgan fingerprint density at radius 2 is 1.50 bits per heavy atom. The molecule has 0 amide bonds. The van der Waals surface area contributed by atoms with Gasteiger partial charge in [0.1, 0.15) is 18.5 Å². The van der Waals surface area contributed by atoms with Gasteiger partial charge in [0.2, 0.25) is 12.4 Å². The Balaban J connectivity index is 1.99. The van der Waals surface area contributed by atoms with Gasteiger partial charge in [0.15, 0.2) is 17.8 Å². The maximum absolute atomic E-state index is 11.8. The molecule has 0 unspecified atom stereocenters. The minimum atomic E-state index is -1.40. The Hall–Kier alpha value is -3.87. The molecule has 1 aromatic heterocycles. The number of nitrogens with one attached hydrogen (secondary N) is 1. The van der Waals surface area contributed by atoms with Crippen molar-refractivity contribution >= 4 is 35.0 Å². The van der Waals surface area contributed by atoms with E-state index in [4.69, 9.17) is 32.8 Å². The fourth-order valence-electron chi connectivity index (χ4n) is 3.42. The smallest absolute Gasteiger partial charge is 0.417 e. The van der Waals surface area contributed by atoms with Crippen molar-refractivity contribution in [1.82, 2.24) is 4.98 Å². The number of benzene rings is 1. The van der Waals surface area contributed by atoms with E-state index >= 15 is 0 Å². The van der Waals surface area contributed by atoms with Gasteiger partial charge in [-0.2, -0.15) is 0 Å². The number of aromatic nitrogens is 1. The van der Waals surface area contributed by atoms with E-state index in [0.717, 1.165) is 20.8 Å². The van der Waals surface area contributed by atoms with Gasteiger partial charge in [0.25, 0.3) is 0 Å². The van der Waals surface area contributed by atoms with Gasteiger partial charge in [0, 0.05) is 33.8 Å². The lowest BCUT2D eigenvalue weighted by molar-refractivity contribution is -0.288. The standard InChI is InChI=1S/C21H23NO12/c1-9(23)28-8-16-17(29-10(2)24)18(30-11(3)25)19(31-12(4)26)20(33-16)32-13-5-6-14-15(7-13)34-21(27)22-14/h5-7,16-20H,8H2,1-4H3,(H,22,27)/t16-,17-,18+,19+,20+/m1/s1. The first-order valence-electron chi connectivity index (χ1n) is 10.1. The molecule has 13 heteroatoms. The number of fused-ring (bicyclic) bond motifs is 1. The Kier molecular flexibility index (Phi) is 7.56. The molecular formula is C21H23NO12. The van der Waals surface area contributed by atoms with Crippen LogP contribution in [0, 0.1) is 0 Å². The average molecular weight is 481 g/mol. The normalized spacial score (nSPS) is 24.2. The Morgan fingerprint density at radius 3 is 2.12 bits per heavy atom. The number of hydrogen-bond acceptors (Lipinski definition) is 12. The Labute approximate surface area is 192 Å². The summed E-state index contributed by atoms with van der Waals surface area (Å²) in [6.07, 6.45) is -6.59. The second kappa shape index (κ2) is 10.4. The van der Waals surface area contributed by atoms with Gasteiger partial charge in [-0.1, -0.05) is 0 Å². The molecular weight excluding hydrogens is 458 g/mol. The Bertz CT molecular complexity index is 1130. The van der Waals surface area contributed by atoms with E-state index < -0.39 is 60.3 Å². The van der Waals surface area contributed by atoms with Gasteiger partial charge in [-0.15, -0.1) is 0 Å². The highest BCUT2D eigenvalue weighted by atomic mass is 16.7. The first-order chi connectivity index (χ1) is 16.0. The highest BCUT2D eigenvalue weighted by Crippen LogP contribution is 2.31. The number of ether oxygens (including phenoxy) is 6. The minimum absolute atomic E-state index is 0.149. The van der Waals surface area contributed by atoms with E-state index in [2.05, 4.69) is 4.98 Å². The molecule has 2 heterocycles. The van der Waals surface area contributed by atoms with E-state index in [9.17, 15) is 24.0 Å². The summed E-state index contributed by atoms with van der Waals surface area (Å²) in [7, 11) is 0. The molecule has 0 radical (unpaired) electrons. The molecule has 5 atom stereocenters. The van der Waals surface area contributed by atoms with Crippen LogP contribution in [0.5, 0.6) is 5.75 Å². The number of oxazole rings is 1. The van der Waals surface area contributed by atoms with Crippen molar-refractivity contribution in [2.75, 3.05) is 6.61 Å². The van der Waals surface area contributed by atoms with E-state index in [1.807, 2.05) is 0 Å². The van der Waals surface area contributed by atoms with Crippen LogP contribution in [0.1, 0.15) is 27.7 Å². The van der Waals surface area contributed by atoms with Crippen LogP contribution in [0.15, 0.2) is 27.4 Å². The number of rotatable bonds is 7. The lowest BCUT2D eigenvalue weighted by Crippen LogP contribution is -2.63. The zero-order valence-corrected chi connectivity index (χ0v) is 18.7. The predicted molar refractivity (Wildman–Crippen MR) is 109 cm³/mol. The highest BCUT2D eigenvalue weighted by Gasteiger charge is 2.53. The van der Waals surface area contributed by atoms with Crippen LogP contribution in [0.2, 0.25) is 0 Å². The van der Waals surface area contributed by atoms with Gasteiger partial charge in [0.05, 0.1) is 5.52 Å². The van der Waals surface area contributed by atoms with E-state index in [-0.39, 0.29) is 17.9 Å². The summed E-state index contributed by atoms with van der Waals surface area (Å²) in [5.74, 6) is -3.42. The first-order valence-corrected chi connectivity index (χ1v) is 10.1. The summed E-state index contributed by atoms with van der Waals surface area (Å²) in [6, 6.07) is 4.39. The predicted octanol–water partition coefficient (Wildman–Crippen LogP) is 0.583. The van der Waals surface area contributed by atoms with Crippen molar-refractivity contribution in [1.29, 1.82) is 0 Å². The molecule has 0 aliphatic carbocycles. The number of carbonyl (C=O) groups is 4. The largest absolute Gasteiger partial charge is 0.463 e. The fourth-order valence-corrected chi connectivity index (χ4v) is 3.42. The number of hydrogen-bond donors (Lipinski definition) is 1. The fraction of sp³-hybridized carbons (Fsp3) is 0.476. The molecule has 1 aliphatic rings. The number of H-pyrrole nitrogens is 1. The van der Waals surface area contributed by atoms with Gasteiger partial charge >= 0.3 is 29.6 Å². The van der Waals surface area contributed by atoms with Crippen molar-refractivity contribution in [3.63, 3.8) is 0 Å². The van der Waals surface area contributed by atoms with Crippen molar-refractivity contribution in [2.45, 2.75) is 58.4 Å². The summed E-state index contributed by atoms with van der Waals surface area (Å²) in [4.78, 5) is 60.7. The van der Waals surface area contributed by atoms with Crippen LogP contribution in [0.4, 0.5) is 0 Å². The maximum atomic E-state index is 11.8. The van der Waals surface area contributed by atoms with Crippen molar-refractivity contribution < 1.29 is 52.0 Å². The molecule has 0 bridgehead atoms. The summed E-state index contributed by atoms with van der Waals surface area (Å²) in [5, 5.41) is 0. The third-order valence-electron chi connectivity index (χ3n) is 4.59. The third kappa shape index (κ3) is 6.13. The maximum Gasteiger partial charge on any atom is 0.417 e. The van der Waals surface area contributed by atoms with Gasteiger partial charge in [-0.3, -0.25) is 24.2 Å². The second-order valence-corrected chi connectivity index (χ2v) is 7.36. The number of esters is 4. The van der Waals surface area contributed by atoms with Crippen LogP contribution < -0.4 is 10.5 Å². The molecule has 184 valence electrons. The molecule has 1 aliphatic heterocycles. The lowest BCUT2D eigenvalue weighted by Gasteiger charge is -2.43. The van der Waals surface area contributed by atoms with Gasteiger partial charge in [-0.05, 0) is 12.1 Å². The van der Waals surface area contributed by atoms with Crippen LogP contribution in [-0.2, 0) is 42.9 Å². The summed E-state index contributed by atoms with van der Waals surface area (Å²) >= 11 is 0. The van der Waals surface area contributed by atoms with Crippen LogP contribution in [0.25, 0.3) is 11.1 Å². The summed E-state index contributed by atoms with van der Waals surface area (Å²) in [5.41, 5.74) is 0.604. The average Bonchev–Trinajstić information content (AvgIpc) is 3.09. The van der Waals surface area contributed by atoms with Gasteiger partial charge < -0.3 is 32.8 Å². The molecule has 1 fully saturated rings. The van der Waals surface area contributed by atoms with E-state index in [1.165, 1.54) is 25.1 Å². The zero-order valence-electron chi connectivity index (χ0n) is 18.7. The molecule has 13 nitrogen and oxygen atoms in total. The third-order valence-corrected chi connectivity index (χ3v) is 4.59. The SMILES string of the molecule is CC(=O)OC[C@H]1O[C@H](Oc2ccc3[nH]c(=O)oc3c2)[C@@H](OC(C)=O)[C@@H](OC(C)=O)[C@@H]1OC(C)=O. The lowest BCUT2D eigenvalue weighted by atomic mass is 9.98. The quantitative estimate of drug-likeness (QED) is 0.432. The van der Waals surface area contributed by atoms with Crippen LogP contribution >= 0.6 is 0 Å². The topological polar surface area (TPSA) is 170 Å². The van der Waals surface area contributed by atoms with E-state index in [0.29, 0.717) is 5.52 Å². The van der Waals surface area contributed by atoms with E-state index in [1.54, 1.807) is 0 Å². The molecule has 1 aromatic carbocycles. The van der Waals surface area contributed by atoms with Crippen LogP contribution in [-0.4, -0.2) is 66.2 Å². The molecule has 34 heavy (non-hydrogen) atoms. The van der Waals surface area contributed by atoms with Crippen molar-refractivity contribution in [3.8, 4) is 5.75 Å². The molecule has 1 N–H and O–H groups in total. The van der Waals surface area contributed by atoms with Gasteiger partial charge in [-0.25, -0.2) is 4.79 Å². The number of carbonyl (C=O) groups excluding carboxylic acids is 4. The summed E-state index contributed by atoms with van der Waals surface area (Å²) in [6.45, 7) is 4.14. The van der Waals surface area contributed by atoms with Crippen molar-refractivity contribution in [2.24, 2.45) is 0 Å². The molecule has 0 spiro atoms. The molecule has 1 saturated heterocycles. The second-order valence-electron chi connectivity index (χ2n) is 7.36. The monoisotopic (exact) mass is 481 g/mol. The molecule has 2 aromatic rings. The first kappa shape index (κ1) is 24.8. The van der Waals surface area contributed by atoms with Crippen molar-refractivity contribution in [3.05, 3.63) is 28.7 Å². The number of aromatic amines is 1.